The minimum atomic E-state index is 0.566. The average molecular weight is 283 g/mol. The van der Waals surface area contributed by atoms with Crippen LogP contribution in [-0.2, 0) is 4.74 Å². The fourth-order valence-corrected chi connectivity index (χ4v) is 3.62. The van der Waals surface area contributed by atoms with Crippen LogP contribution < -0.4 is 0 Å². The Balaban J connectivity index is 2.11. The van der Waals surface area contributed by atoms with Gasteiger partial charge < -0.3 is 4.74 Å². The smallest absolute Gasteiger partial charge is 0.0544 e. The van der Waals surface area contributed by atoms with Crippen molar-refractivity contribution in [1.29, 1.82) is 0 Å². The largest absolute Gasteiger partial charge is 0.380 e. The lowest BCUT2D eigenvalue weighted by Crippen LogP contribution is -2.43. The minimum Gasteiger partial charge on any atom is -0.380 e. The van der Waals surface area contributed by atoms with Crippen molar-refractivity contribution < 1.29 is 4.74 Å². The van der Waals surface area contributed by atoms with Crippen molar-refractivity contribution in [2.24, 2.45) is 11.3 Å². The van der Waals surface area contributed by atoms with Crippen LogP contribution in [-0.4, -0.2) is 13.2 Å². The fraction of sp³-hybridized carbons (Fsp3) is 1.00. The normalized spacial score (nSPS) is 18.8. The monoisotopic (exact) mass is 282 g/mol. The Hall–Kier alpha value is -0.0400. The van der Waals surface area contributed by atoms with E-state index in [-0.39, 0.29) is 0 Å². The second kappa shape index (κ2) is 10.7. The zero-order chi connectivity index (χ0) is 14.7. The van der Waals surface area contributed by atoms with Crippen molar-refractivity contribution in [3.8, 4) is 0 Å². The summed E-state index contributed by atoms with van der Waals surface area (Å²) < 4.78 is 5.55. The first-order valence-corrected chi connectivity index (χ1v) is 9.30. The predicted molar refractivity (Wildman–Crippen MR) is 89.2 cm³/mol. The van der Waals surface area contributed by atoms with Gasteiger partial charge in [0.05, 0.1) is 13.2 Å². The zero-order valence-electron chi connectivity index (χ0n) is 14.4. The van der Waals surface area contributed by atoms with Gasteiger partial charge in [-0.15, -0.1) is 0 Å². The molecule has 1 aliphatic heterocycles. The van der Waals surface area contributed by atoms with Crippen LogP contribution in [0.2, 0.25) is 0 Å². The summed E-state index contributed by atoms with van der Waals surface area (Å²) in [6.45, 7) is 9.13. The van der Waals surface area contributed by atoms with Crippen molar-refractivity contribution >= 4 is 0 Å². The lowest BCUT2D eigenvalue weighted by molar-refractivity contribution is -0.129. The second-order valence-corrected chi connectivity index (χ2v) is 7.32. The topological polar surface area (TPSA) is 9.23 Å². The molecule has 120 valence electrons. The van der Waals surface area contributed by atoms with Gasteiger partial charge in [-0.1, -0.05) is 85.0 Å². The molecule has 0 N–H and O–H groups in total. The third kappa shape index (κ3) is 7.11. The SMILES string of the molecule is CCCCCCCC(C)CC1(CCCCCC)COC1. The molecule has 0 aliphatic carbocycles. The molecule has 0 aromatic heterocycles. The molecule has 0 radical (unpaired) electrons. The molecule has 0 aromatic carbocycles. The highest BCUT2D eigenvalue weighted by molar-refractivity contribution is 4.87. The molecule has 1 rings (SSSR count). The molecule has 1 atom stereocenters. The van der Waals surface area contributed by atoms with Crippen LogP contribution in [0.25, 0.3) is 0 Å². The van der Waals surface area contributed by atoms with Crippen LogP contribution in [0.1, 0.15) is 97.8 Å². The minimum absolute atomic E-state index is 0.566. The molecule has 1 nitrogen and oxygen atoms in total. The average Bonchev–Trinajstić information content (AvgIpc) is 2.40. The summed E-state index contributed by atoms with van der Waals surface area (Å²) >= 11 is 0. The van der Waals surface area contributed by atoms with Gasteiger partial charge in [0.1, 0.15) is 0 Å². The van der Waals surface area contributed by atoms with Gasteiger partial charge in [0.2, 0.25) is 0 Å². The first-order valence-electron chi connectivity index (χ1n) is 9.30. The van der Waals surface area contributed by atoms with Crippen molar-refractivity contribution in [2.45, 2.75) is 97.8 Å². The van der Waals surface area contributed by atoms with E-state index in [4.69, 9.17) is 4.74 Å². The van der Waals surface area contributed by atoms with E-state index < -0.39 is 0 Å². The Morgan fingerprint density at radius 1 is 0.850 bits per heavy atom. The lowest BCUT2D eigenvalue weighted by atomic mass is 9.73. The van der Waals surface area contributed by atoms with E-state index in [1.54, 1.807) is 0 Å². The molecule has 0 amide bonds. The van der Waals surface area contributed by atoms with Crippen molar-refractivity contribution in [2.75, 3.05) is 13.2 Å². The third-order valence-electron chi connectivity index (χ3n) is 4.96. The van der Waals surface area contributed by atoms with Gasteiger partial charge in [-0.3, -0.25) is 0 Å². The van der Waals surface area contributed by atoms with Crippen LogP contribution in [0, 0.1) is 11.3 Å². The van der Waals surface area contributed by atoms with E-state index in [1.807, 2.05) is 0 Å². The van der Waals surface area contributed by atoms with E-state index >= 15 is 0 Å². The number of ether oxygens (including phenoxy) is 1. The van der Waals surface area contributed by atoms with Crippen LogP contribution in [0.4, 0.5) is 0 Å². The zero-order valence-corrected chi connectivity index (χ0v) is 14.4. The molecule has 0 spiro atoms. The van der Waals surface area contributed by atoms with Gasteiger partial charge in [-0.25, -0.2) is 0 Å². The molecule has 0 saturated carbocycles. The van der Waals surface area contributed by atoms with E-state index in [0.29, 0.717) is 5.41 Å². The van der Waals surface area contributed by atoms with Gasteiger partial charge in [-0.2, -0.15) is 0 Å². The van der Waals surface area contributed by atoms with E-state index in [2.05, 4.69) is 20.8 Å². The highest BCUT2D eigenvalue weighted by Gasteiger charge is 2.38. The maximum Gasteiger partial charge on any atom is 0.0544 e. The Kier molecular flexibility index (Phi) is 9.59. The number of rotatable bonds is 13. The standard InChI is InChI=1S/C19H38O/c1-4-6-8-10-11-13-18(3)15-19(16-20-17-19)14-12-9-7-5-2/h18H,4-17H2,1-3H3. The van der Waals surface area contributed by atoms with Crippen LogP contribution in [0.15, 0.2) is 0 Å². The molecule has 1 aliphatic rings. The van der Waals surface area contributed by atoms with E-state index in [9.17, 15) is 0 Å². The number of unbranched alkanes of at least 4 members (excludes halogenated alkanes) is 7. The maximum absolute atomic E-state index is 5.55. The molecule has 1 saturated heterocycles. The summed E-state index contributed by atoms with van der Waals surface area (Å²) in [4.78, 5) is 0. The molecule has 0 bridgehead atoms. The summed E-state index contributed by atoms with van der Waals surface area (Å²) in [5, 5.41) is 0. The Morgan fingerprint density at radius 3 is 2.00 bits per heavy atom. The van der Waals surface area contributed by atoms with Crippen molar-refractivity contribution in [3.05, 3.63) is 0 Å². The Bertz CT molecular complexity index is 220. The maximum atomic E-state index is 5.55. The van der Waals surface area contributed by atoms with Gasteiger partial charge in [0, 0.05) is 5.41 Å². The third-order valence-corrected chi connectivity index (χ3v) is 4.96. The van der Waals surface area contributed by atoms with E-state index in [1.165, 1.54) is 77.0 Å². The van der Waals surface area contributed by atoms with Crippen LogP contribution in [0.5, 0.6) is 0 Å². The quantitative estimate of drug-likeness (QED) is 0.357. The lowest BCUT2D eigenvalue weighted by Gasteiger charge is -2.43. The van der Waals surface area contributed by atoms with Crippen molar-refractivity contribution in [1.82, 2.24) is 0 Å². The fourth-order valence-electron chi connectivity index (χ4n) is 3.62. The molecular weight excluding hydrogens is 244 g/mol. The molecule has 20 heavy (non-hydrogen) atoms. The summed E-state index contributed by atoms with van der Waals surface area (Å²) in [6, 6.07) is 0. The summed E-state index contributed by atoms with van der Waals surface area (Å²) in [6.07, 6.45) is 16.9. The highest BCUT2D eigenvalue weighted by atomic mass is 16.5. The first-order chi connectivity index (χ1) is 9.72. The van der Waals surface area contributed by atoms with Crippen LogP contribution in [0.3, 0.4) is 0 Å². The van der Waals surface area contributed by atoms with Crippen LogP contribution >= 0.6 is 0 Å². The van der Waals surface area contributed by atoms with Gasteiger partial charge in [-0.05, 0) is 18.8 Å². The molecule has 1 heteroatoms. The summed E-state index contributed by atoms with van der Waals surface area (Å²) in [5.41, 5.74) is 0.566. The van der Waals surface area contributed by atoms with Crippen molar-refractivity contribution in [3.63, 3.8) is 0 Å². The molecular formula is C19H38O. The predicted octanol–water partition coefficient (Wildman–Crippen LogP) is 6.36. The number of hydrogen-bond acceptors (Lipinski definition) is 1. The highest BCUT2D eigenvalue weighted by Crippen LogP contribution is 2.40. The van der Waals surface area contributed by atoms with Gasteiger partial charge >= 0.3 is 0 Å². The molecule has 1 unspecified atom stereocenters. The van der Waals surface area contributed by atoms with Gasteiger partial charge in [0.15, 0.2) is 0 Å². The van der Waals surface area contributed by atoms with E-state index in [0.717, 1.165) is 19.1 Å². The number of hydrogen-bond donors (Lipinski definition) is 0. The van der Waals surface area contributed by atoms with Gasteiger partial charge in [0.25, 0.3) is 0 Å². The first kappa shape index (κ1) is 18.0. The summed E-state index contributed by atoms with van der Waals surface area (Å²) in [5.74, 6) is 0.895. The second-order valence-electron chi connectivity index (χ2n) is 7.32. The molecule has 1 heterocycles. The molecule has 1 fully saturated rings. The Labute approximate surface area is 127 Å². The molecule has 0 aromatic rings. The summed E-state index contributed by atoms with van der Waals surface area (Å²) in [7, 11) is 0. The Morgan fingerprint density at radius 2 is 1.45 bits per heavy atom.